The summed E-state index contributed by atoms with van der Waals surface area (Å²) in [5.41, 5.74) is 15.0. The molecule has 0 amide bonds. The highest BCUT2D eigenvalue weighted by Gasteiger charge is 2.13. The van der Waals surface area contributed by atoms with Crippen molar-refractivity contribution in [2.75, 3.05) is 26.2 Å². The van der Waals surface area contributed by atoms with Crippen LogP contribution in [-0.2, 0) is 4.84 Å². The molecule has 0 aliphatic heterocycles. The summed E-state index contributed by atoms with van der Waals surface area (Å²) in [5.74, 6) is 0.699. The standard InChI is InChI=1S/C10H21N3.C10H20N2.C10H19N.C7H15N.C6H13NO/c1-8(2)11-7-9(3)12-13-10(4,5)6;1-8(2)11-7-9(3)12-10(4,5)6;1-8(2)11-7-9(3)10(4,5)6;1-6(2)5-8-7(3)4;1-5(2)7-8-6(3)4/h12-13H,3,7H2,1-2,4-6H3;12H,3,7H2,1-2,4-6H3;3,7H2,1-2,4-6H3;6H,5H2,1-4H3;6H,1-4H3. The van der Waals surface area contributed by atoms with Crippen molar-refractivity contribution in [2.45, 2.75) is 176 Å². The molecule has 9 nitrogen and oxygen atoms in total. The van der Waals surface area contributed by atoms with E-state index in [0.29, 0.717) is 19.0 Å². The van der Waals surface area contributed by atoms with Crippen molar-refractivity contribution in [3.63, 3.8) is 0 Å². The second-order valence-electron chi connectivity index (χ2n) is 17.6. The van der Waals surface area contributed by atoms with Gasteiger partial charge in [0, 0.05) is 51.9 Å². The summed E-state index contributed by atoms with van der Waals surface area (Å²) in [5, 5.41) is 7.01. The van der Waals surface area contributed by atoms with Gasteiger partial charge in [0.2, 0.25) is 0 Å². The van der Waals surface area contributed by atoms with E-state index >= 15 is 0 Å². The van der Waals surface area contributed by atoms with E-state index in [1.54, 1.807) is 0 Å². The molecule has 0 aromatic heterocycles. The molecule has 0 aliphatic carbocycles. The molecule has 0 heterocycles. The second-order valence-corrected chi connectivity index (χ2v) is 17.6. The van der Waals surface area contributed by atoms with Gasteiger partial charge in [0.25, 0.3) is 0 Å². The number of rotatable bonds is 13. The normalized spacial score (nSPS) is 10.4. The van der Waals surface area contributed by atoms with Crippen LogP contribution in [0.25, 0.3) is 0 Å². The minimum Gasteiger partial charge on any atom is -0.393 e. The highest BCUT2D eigenvalue weighted by molar-refractivity contribution is 5.80. The lowest BCUT2D eigenvalue weighted by atomic mass is 9.88. The van der Waals surface area contributed by atoms with E-state index in [1.165, 1.54) is 11.3 Å². The maximum atomic E-state index is 4.89. The van der Waals surface area contributed by atoms with Gasteiger partial charge in [-0.2, -0.15) is 0 Å². The zero-order chi connectivity index (χ0) is 42.5. The van der Waals surface area contributed by atoms with Crippen LogP contribution < -0.4 is 16.2 Å². The molecule has 0 aromatic carbocycles. The first-order valence-corrected chi connectivity index (χ1v) is 18.6. The number of hydrogen-bond acceptors (Lipinski definition) is 9. The topological polar surface area (TPSA) is 107 Å². The second kappa shape index (κ2) is 31.5. The van der Waals surface area contributed by atoms with Gasteiger partial charge in [-0.3, -0.25) is 20.0 Å². The van der Waals surface area contributed by atoms with Crippen LogP contribution in [0.2, 0.25) is 0 Å². The molecule has 0 spiro atoms. The fourth-order valence-electron chi connectivity index (χ4n) is 2.46. The average Bonchev–Trinajstić information content (AvgIpc) is 2.94. The summed E-state index contributed by atoms with van der Waals surface area (Å²) in [6.07, 6.45) is 0.199. The van der Waals surface area contributed by atoms with Crippen LogP contribution in [0.5, 0.6) is 0 Å². The van der Waals surface area contributed by atoms with Gasteiger partial charge in [0.15, 0.2) is 0 Å². The Morgan fingerprint density at radius 3 is 1.17 bits per heavy atom. The van der Waals surface area contributed by atoms with E-state index in [-0.39, 0.29) is 22.6 Å². The number of hydrazine groups is 1. The zero-order valence-electron chi connectivity index (χ0n) is 38.7. The Kier molecular flexibility index (Phi) is 35.2. The Morgan fingerprint density at radius 2 is 0.923 bits per heavy atom. The fourth-order valence-corrected chi connectivity index (χ4v) is 2.46. The van der Waals surface area contributed by atoms with Crippen LogP contribution in [0, 0.1) is 11.3 Å². The summed E-state index contributed by atoms with van der Waals surface area (Å²) in [7, 11) is 0. The number of nitrogens with zero attached hydrogens (tertiary/aromatic N) is 5. The van der Waals surface area contributed by atoms with Crippen LogP contribution in [0.4, 0.5) is 0 Å². The van der Waals surface area contributed by atoms with Gasteiger partial charge in [-0.1, -0.05) is 65.1 Å². The Labute approximate surface area is 324 Å². The van der Waals surface area contributed by atoms with Crippen molar-refractivity contribution in [1.29, 1.82) is 0 Å². The summed E-state index contributed by atoms with van der Waals surface area (Å²) < 4.78 is 0. The van der Waals surface area contributed by atoms with E-state index in [9.17, 15) is 0 Å². The van der Waals surface area contributed by atoms with Crippen molar-refractivity contribution >= 4 is 28.6 Å². The first-order valence-electron chi connectivity index (χ1n) is 18.6. The summed E-state index contributed by atoms with van der Waals surface area (Å²) in [6.45, 7) is 61.9. The molecule has 52 heavy (non-hydrogen) atoms. The van der Waals surface area contributed by atoms with Crippen LogP contribution in [0.3, 0.4) is 0 Å². The first-order chi connectivity index (χ1) is 23.2. The molecule has 306 valence electrons. The van der Waals surface area contributed by atoms with Gasteiger partial charge >= 0.3 is 0 Å². The summed E-state index contributed by atoms with van der Waals surface area (Å²) >= 11 is 0. The highest BCUT2D eigenvalue weighted by atomic mass is 16.6. The quantitative estimate of drug-likeness (QED) is 0.0995. The van der Waals surface area contributed by atoms with E-state index in [4.69, 9.17) is 4.84 Å². The van der Waals surface area contributed by atoms with Gasteiger partial charge < -0.3 is 15.6 Å². The lowest BCUT2D eigenvalue weighted by Gasteiger charge is -2.22. The summed E-state index contributed by atoms with van der Waals surface area (Å²) in [6, 6.07) is 0. The molecule has 0 fully saturated rings. The maximum Gasteiger partial charge on any atom is 0.122 e. The molecule has 0 atom stereocenters. The largest absolute Gasteiger partial charge is 0.393 e. The third-order valence-electron chi connectivity index (χ3n) is 5.20. The van der Waals surface area contributed by atoms with Crippen LogP contribution in [0.15, 0.2) is 61.8 Å². The fraction of sp³-hybridized carbons (Fsp3) is 0.744. The molecule has 0 aromatic rings. The number of hydrogen-bond donors (Lipinski definition) is 3. The number of oxime groups is 1. The Morgan fingerprint density at radius 1 is 0.538 bits per heavy atom. The average molecular weight is 733 g/mol. The van der Waals surface area contributed by atoms with Crippen LogP contribution in [-0.4, -0.2) is 71.9 Å². The van der Waals surface area contributed by atoms with Crippen LogP contribution >= 0.6 is 0 Å². The Hall–Kier alpha value is -3.07. The smallest absolute Gasteiger partial charge is 0.122 e. The molecule has 0 unspecified atom stereocenters. The van der Waals surface area contributed by atoms with Gasteiger partial charge in [-0.25, -0.2) is 5.43 Å². The highest BCUT2D eigenvalue weighted by Crippen LogP contribution is 2.23. The minimum absolute atomic E-state index is 0.0495. The lowest BCUT2D eigenvalue weighted by molar-refractivity contribution is 0.0857. The molecule has 0 saturated heterocycles. The van der Waals surface area contributed by atoms with E-state index in [0.717, 1.165) is 47.3 Å². The van der Waals surface area contributed by atoms with Crippen LogP contribution in [0.1, 0.15) is 159 Å². The van der Waals surface area contributed by atoms with Crippen molar-refractivity contribution in [2.24, 2.45) is 36.5 Å². The molecular formula is C43H88N8O. The molecule has 0 aliphatic rings. The summed E-state index contributed by atoms with van der Waals surface area (Å²) in [4.78, 5) is 21.9. The van der Waals surface area contributed by atoms with Gasteiger partial charge in [-0.05, 0) is 136 Å². The monoisotopic (exact) mass is 733 g/mol. The van der Waals surface area contributed by atoms with Crippen molar-refractivity contribution in [3.8, 4) is 0 Å². The molecule has 9 heteroatoms. The molecular weight excluding hydrogens is 645 g/mol. The molecule has 0 bridgehead atoms. The Bertz CT molecular complexity index is 1090. The van der Waals surface area contributed by atoms with E-state index in [1.807, 2.05) is 83.1 Å². The molecule has 0 rings (SSSR count). The Balaban J connectivity index is -0.000000179. The number of nitrogens with one attached hydrogen (secondary N) is 3. The van der Waals surface area contributed by atoms with Gasteiger partial charge in [0.1, 0.15) is 6.10 Å². The predicted octanol–water partition coefficient (Wildman–Crippen LogP) is 11.2. The first kappa shape index (κ1) is 58.2. The minimum atomic E-state index is 0.0495. The third kappa shape index (κ3) is 65.3. The van der Waals surface area contributed by atoms with E-state index in [2.05, 4.69) is 137 Å². The number of aliphatic imine (C=N–C) groups is 4. The molecule has 0 radical (unpaired) electrons. The SMILES string of the molecule is C=C(CN=C(C)C)C(C)(C)C.C=C(CN=C(C)C)NC(C)(C)C.C=C(CN=C(C)C)NNC(C)(C)C.CC(C)=NCC(C)C.CC(C)=NOC(C)C. The van der Waals surface area contributed by atoms with Crippen molar-refractivity contribution < 1.29 is 4.84 Å². The molecule has 3 N–H and O–H groups in total. The zero-order valence-corrected chi connectivity index (χ0v) is 38.7. The van der Waals surface area contributed by atoms with Gasteiger partial charge in [-0.15, -0.1) is 0 Å². The third-order valence-corrected chi connectivity index (χ3v) is 5.20. The van der Waals surface area contributed by atoms with Crippen molar-refractivity contribution in [3.05, 3.63) is 36.7 Å². The van der Waals surface area contributed by atoms with E-state index < -0.39 is 0 Å². The molecule has 0 saturated carbocycles. The van der Waals surface area contributed by atoms with Crippen molar-refractivity contribution in [1.82, 2.24) is 16.2 Å². The maximum absolute atomic E-state index is 4.89. The lowest BCUT2D eigenvalue weighted by Crippen LogP contribution is -2.45. The predicted molar refractivity (Wildman–Crippen MR) is 240 cm³/mol. The van der Waals surface area contributed by atoms with Gasteiger partial charge in [0.05, 0.1) is 25.3 Å².